The fourth-order valence-electron chi connectivity index (χ4n) is 1.64. The first-order valence-electron chi connectivity index (χ1n) is 4.97. The van der Waals surface area contributed by atoms with Gasteiger partial charge in [-0.25, -0.2) is 8.78 Å². The molecule has 88 valence electrons. The second kappa shape index (κ2) is 4.82. The normalized spacial score (nSPS) is 10.6. The van der Waals surface area contributed by atoms with Crippen molar-refractivity contribution in [1.29, 1.82) is 0 Å². The zero-order chi connectivity index (χ0) is 12.4. The van der Waals surface area contributed by atoms with Gasteiger partial charge in [0.1, 0.15) is 11.6 Å². The smallest absolute Gasteiger partial charge is 0.134 e. The standard InChI is InChI=1S/C13H9ClF2O/c14-10-4-2-1-3-9(10)13-11(15)5-8(7-17)6-12(13)16/h1-6,17H,7H2. The summed E-state index contributed by atoms with van der Waals surface area (Å²) in [5.41, 5.74) is 0.317. The lowest BCUT2D eigenvalue weighted by Gasteiger charge is -2.08. The van der Waals surface area contributed by atoms with Gasteiger partial charge in [0.05, 0.1) is 12.2 Å². The summed E-state index contributed by atoms with van der Waals surface area (Å²) in [6.07, 6.45) is 0. The Labute approximate surface area is 102 Å². The minimum atomic E-state index is -0.734. The molecule has 2 aromatic rings. The van der Waals surface area contributed by atoms with Crippen LogP contribution < -0.4 is 0 Å². The van der Waals surface area contributed by atoms with Gasteiger partial charge < -0.3 is 5.11 Å². The monoisotopic (exact) mass is 254 g/mol. The summed E-state index contributed by atoms with van der Waals surface area (Å²) in [5.74, 6) is -1.47. The van der Waals surface area contributed by atoms with Crippen molar-refractivity contribution in [2.24, 2.45) is 0 Å². The Morgan fingerprint density at radius 1 is 1.06 bits per heavy atom. The quantitative estimate of drug-likeness (QED) is 0.865. The number of aliphatic hydroxyl groups is 1. The number of rotatable bonds is 2. The van der Waals surface area contributed by atoms with Gasteiger partial charge in [-0.05, 0) is 23.8 Å². The largest absolute Gasteiger partial charge is 0.392 e. The maximum absolute atomic E-state index is 13.8. The van der Waals surface area contributed by atoms with Crippen molar-refractivity contribution >= 4 is 11.6 Å². The lowest BCUT2D eigenvalue weighted by Crippen LogP contribution is -1.95. The maximum atomic E-state index is 13.8. The van der Waals surface area contributed by atoms with E-state index in [0.29, 0.717) is 5.56 Å². The van der Waals surface area contributed by atoms with Crippen LogP contribution in [0.4, 0.5) is 8.78 Å². The summed E-state index contributed by atoms with van der Waals surface area (Å²) in [4.78, 5) is 0. The molecule has 0 radical (unpaired) electrons. The van der Waals surface area contributed by atoms with Crippen LogP contribution in [-0.4, -0.2) is 5.11 Å². The Bertz CT molecular complexity index is 532. The zero-order valence-electron chi connectivity index (χ0n) is 8.75. The molecular weight excluding hydrogens is 246 g/mol. The molecule has 0 saturated carbocycles. The number of hydrogen-bond donors (Lipinski definition) is 1. The van der Waals surface area contributed by atoms with Gasteiger partial charge in [0, 0.05) is 10.6 Å². The Kier molecular flexibility index (Phi) is 3.41. The van der Waals surface area contributed by atoms with Crippen molar-refractivity contribution in [3.8, 4) is 11.1 Å². The average molecular weight is 255 g/mol. The average Bonchev–Trinajstić information content (AvgIpc) is 2.30. The SMILES string of the molecule is OCc1cc(F)c(-c2ccccc2Cl)c(F)c1. The summed E-state index contributed by atoms with van der Waals surface area (Å²) in [5, 5.41) is 9.12. The van der Waals surface area contributed by atoms with Gasteiger partial charge in [-0.15, -0.1) is 0 Å². The summed E-state index contributed by atoms with van der Waals surface area (Å²) in [6.45, 7) is -0.406. The Morgan fingerprint density at radius 2 is 1.65 bits per heavy atom. The summed E-state index contributed by atoms with van der Waals surface area (Å²) < 4.78 is 27.5. The number of aliphatic hydroxyl groups excluding tert-OH is 1. The van der Waals surface area contributed by atoms with E-state index in [1.54, 1.807) is 24.3 Å². The molecule has 1 N–H and O–H groups in total. The highest BCUT2D eigenvalue weighted by Crippen LogP contribution is 2.32. The molecule has 0 heterocycles. The van der Waals surface area contributed by atoms with Crippen molar-refractivity contribution in [3.05, 3.63) is 58.6 Å². The van der Waals surface area contributed by atoms with Crippen LogP contribution in [0.5, 0.6) is 0 Å². The highest BCUT2D eigenvalue weighted by molar-refractivity contribution is 6.33. The van der Waals surface area contributed by atoms with Gasteiger partial charge in [0.2, 0.25) is 0 Å². The zero-order valence-corrected chi connectivity index (χ0v) is 9.51. The number of benzene rings is 2. The van der Waals surface area contributed by atoms with E-state index in [1.165, 1.54) is 0 Å². The molecule has 2 aromatic carbocycles. The first-order valence-corrected chi connectivity index (χ1v) is 5.35. The summed E-state index contributed by atoms with van der Waals surface area (Å²) >= 11 is 5.89. The molecule has 0 atom stereocenters. The molecule has 0 unspecified atom stereocenters. The Morgan fingerprint density at radius 3 is 2.18 bits per heavy atom. The Balaban J connectivity index is 2.64. The van der Waals surface area contributed by atoms with E-state index in [0.717, 1.165) is 12.1 Å². The molecule has 1 nitrogen and oxygen atoms in total. The van der Waals surface area contributed by atoms with Crippen LogP contribution in [0.3, 0.4) is 0 Å². The highest BCUT2D eigenvalue weighted by atomic mass is 35.5. The van der Waals surface area contributed by atoms with Gasteiger partial charge in [-0.2, -0.15) is 0 Å². The van der Waals surface area contributed by atoms with Crippen LogP contribution >= 0.6 is 11.6 Å². The molecule has 0 aromatic heterocycles. The van der Waals surface area contributed by atoms with Crippen LogP contribution in [-0.2, 0) is 6.61 Å². The topological polar surface area (TPSA) is 20.2 Å². The third-order valence-corrected chi connectivity index (χ3v) is 2.76. The molecular formula is C13H9ClF2O. The van der Waals surface area contributed by atoms with Crippen LogP contribution in [0.25, 0.3) is 11.1 Å². The van der Waals surface area contributed by atoms with Gasteiger partial charge in [-0.3, -0.25) is 0 Å². The first kappa shape index (κ1) is 12.0. The number of halogens is 3. The molecule has 2 rings (SSSR count). The molecule has 0 fully saturated rings. The van der Waals surface area contributed by atoms with Crippen LogP contribution in [0, 0.1) is 11.6 Å². The fraction of sp³-hybridized carbons (Fsp3) is 0.0769. The molecule has 0 aliphatic heterocycles. The minimum Gasteiger partial charge on any atom is -0.392 e. The van der Waals surface area contributed by atoms with Crippen molar-refractivity contribution in [3.63, 3.8) is 0 Å². The molecule has 0 saturated heterocycles. The molecule has 17 heavy (non-hydrogen) atoms. The molecule has 0 amide bonds. The van der Waals surface area contributed by atoms with Crippen LogP contribution in [0.15, 0.2) is 36.4 Å². The maximum Gasteiger partial charge on any atom is 0.134 e. The van der Waals surface area contributed by atoms with Crippen LogP contribution in [0.1, 0.15) is 5.56 Å². The van der Waals surface area contributed by atoms with E-state index in [1.807, 2.05) is 0 Å². The second-order valence-corrected chi connectivity index (χ2v) is 3.98. The van der Waals surface area contributed by atoms with Crippen molar-refractivity contribution < 1.29 is 13.9 Å². The lowest BCUT2D eigenvalue weighted by molar-refractivity contribution is 0.280. The Hall–Kier alpha value is -1.45. The molecule has 0 bridgehead atoms. The van der Waals surface area contributed by atoms with Crippen molar-refractivity contribution in [2.45, 2.75) is 6.61 Å². The highest BCUT2D eigenvalue weighted by Gasteiger charge is 2.15. The van der Waals surface area contributed by atoms with E-state index in [2.05, 4.69) is 0 Å². The summed E-state index contributed by atoms with van der Waals surface area (Å²) in [7, 11) is 0. The third kappa shape index (κ3) is 2.30. The van der Waals surface area contributed by atoms with E-state index < -0.39 is 18.2 Å². The molecule has 0 aliphatic carbocycles. The molecule has 0 spiro atoms. The predicted octanol–water partition coefficient (Wildman–Crippen LogP) is 3.78. The van der Waals surface area contributed by atoms with Gasteiger partial charge in [0.15, 0.2) is 0 Å². The second-order valence-electron chi connectivity index (χ2n) is 3.57. The van der Waals surface area contributed by atoms with E-state index in [9.17, 15) is 8.78 Å². The van der Waals surface area contributed by atoms with E-state index in [4.69, 9.17) is 16.7 Å². The number of hydrogen-bond acceptors (Lipinski definition) is 1. The van der Waals surface area contributed by atoms with E-state index >= 15 is 0 Å². The van der Waals surface area contributed by atoms with Crippen molar-refractivity contribution in [2.75, 3.05) is 0 Å². The minimum absolute atomic E-state index is 0.173. The lowest BCUT2D eigenvalue weighted by atomic mass is 10.0. The van der Waals surface area contributed by atoms with Gasteiger partial charge >= 0.3 is 0 Å². The summed E-state index contributed by atoms with van der Waals surface area (Å²) in [6, 6.07) is 8.64. The molecule has 0 aliphatic rings. The predicted molar refractivity (Wildman–Crippen MR) is 62.7 cm³/mol. The van der Waals surface area contributed by atoms with Crippen LogP contribution in [0.2, 0.25) is 5.02 Å². The van der Waals surface area contributed by atoms with E-state index in [-0.39, 0.29) is 16.1 Å². The third-order valence-electron chi connectivity index (χ3n) is 2.43. The van der Waals surface area contributed by atoms with Crippen molar-refractivity contribution in [1.82, 2.24) is 0 Å². The van der Waals surface area contributed by atoms with Gasteiger partial charge in [-0.1, -0.05) is 29.8 Å². The first-order chi connectivity index (χ1) is 8.13. The van der Waals surface area contributed by atoms with Gasteiger partial charge in [0.25, 0.3) is 0 Å². The fourth-order valence-corrected chi connectivity index (χ4v) is 1.87. The molecule has 4 heteroatoms.